The van der Waals surface area contributed by atoms with Crippen LogP contribution in [0.4, 0.5) is 0 Å². The molecule has 19 heavy (non-hydrogen) atoms. The van der Waals surface area contributed by atoms with E-state index in [9.17, 15) is 5.11 Å². The number of azide groups is 1. The van der Waals surface area contributed by atoms with Crippen molar-refractivity contribution in [2.24, 2.45) is 5.11 Å². The van der Waals surface area contributed by atoms with Gasteiger partial charge in [0.25, 0.3) is 0 Å². The molecule has 0 heterocycles. The highest BCUT2D eigenvalue weighted by Crippen LogP contribution is 2.12. The average molecular weight is 267 g/mol. The number of aliphatic hydroxyl groups is 2. The molecule has 2 N–H and O–H groups in total. The molecule has 0 saturated carbocycles. The van der Waals surface area contributed by atoms with Gasteiger partial charge in [-0.25, -0.2) is 0 Å². The molecule has 0 radical (unpaired) electrons. The first-order valence-electron chi connectivity index (χ1n) is 5.75. The van der Waals surface area contributed by atoms with Crippen molar-refractivity contribution in [2.75, 3.05) is 20.3 Å². The van der Waals surface area contributed by atoms with Crippen molar-refractivity contribution in [1.29, 1.82) is 0 Å². The fourth-order valence-electron chi connectivity index (χ4n) is 1.43. The van der Waals surface area contributed by atoms with Crippen molar-refractivity contribution in [1.82, 2.24) is 0 Å². The van der Waals surface area contributed by atoms with Crippen molar-refractivity contribution in [3.05, 3.63) is 40.3 Å². The normalized spacial score (nSPS) is 13.4. The standard InChI is InChI=1S/C12H17N3O4/c1-18-10-4-2-9(3-5-10)7-19-8-11(14-15-13)12(17)6-16/h2-5,11-12,16-17H,6-8H2,1H3/t11-,12-/m0/s1. The smallest absolute Gasteiger partial charge is 0.118 e. The lowest BCUT2D eigenvalue weighted by molar-refractivity contribution is 0.0266. The van der Waals surface area contributed by atoms with E-state index in [-0.39, 0.29) is 6.61 Å². The van der Waals surface area contributed by atoms with Crippen LogP contribution in [0.1, 0.15) is 5.56 Å². The van der Waals surface area contributed by atoms with E-state index < -0.39 is 18.8 Å². The van der Waals surface area contributed by atoms with Gasteiger partial charge in [0.15, 0.2) is 0 Å². The Balaban J connectivity index is 2.44. The zero-order valence-corrected chi connectivity index (χ0v) is 10.6. The summed E-state index contributed by atoms with van der Waals surface area (Å²) in [7, 11) is 1.59. The Kier molecular flexibility index (Phi) is 6.70. The van der Waals surface area contributed by atoms with Gasteiger partial charge in [-0.2, -0.15) is 0 Å². The molecular weight excluding hydrogens is 250 g/mol. The van der Waals surface area contributed by atoms with Crippen LogP contribution in [0.5, 0.6) is 5.75 Å². The predicted molar refractivity (Wildman–Crippen MR) is 68.7 cm³/mol. The molecule has 0 aliphatic rings. The minimum absolute atomic E-state index is 0.0395. The summed E-state index contributed by atoms with van der Waals surface area (Å²) in [6.07, 6.45) is -1.12. The molecule has 1 rings (SSSR count). The average Bonchev–Trinajstić information content (AvgIpc) is 2.46. The van der Waals surface area contributed by atoms with E-state index in [1.807, 2.05) is 24.3 Å². The molecule has 0 saturated heterocycles. The lowest BCUT2D eigenvalue weighted by Crippen LogP contribution is -2.31. The molecule has 0 aliphatic heterocycles. The molecule has 0 aromatic heterocycles. The number of rotatable bonds is 8. The van der Waals surface area contributed by atoms with Crippen molar-refractivity contribution in [3.8, 4) is 5.75 Å². The number of methoxy groups -OCH3 is 1. The van der Waals surface area contributed by atoms with E-state index in [0.717, 1.165) is 11.3 Å². The Bertz CT molecular complexity index is 417. The van der Waals surface area contributed by atoms with Crippen LogP contribution in [0, 0.1) is 0 Å². The minimum atomic E-state index is -1.12. The highest BCUT2D eigenvalue weighted by atomic mass is 16.5. The maximum Gasteiger partial charge on any atom is 0.118 e. The van der Waals surface area contributed by atoms with E-state index in [2.05, 4.69) is 10.0 Å². The number of hydrogen-bond acceptors (Lipinski definition) is 5. The van der Waals surface area contributed by atoms with E-state index in [4.69, 9.17) is 20.1 Å². The summed E-state index contributed by atoms with van der Waals surface area (Å²) in [4.78, 5) is 2.61. The third-order valence-electron chi connectivity index (χ3n) is 2.55. The molecule has 7 nitrogen and oxygen atoms in total. The summed E-state index contributed by atoms with van der Waals surface area (Å²) in [6.45, 7) is -0.118. The molecule has 104 valence electrons. The van der Waals surface area contributed by atoms with Gasteiger partial charge in [0.1, 0.15) is 5.75 Å². The van der Waals surface area contributed by atoms with Crippen LogP contribution in [0.25, 0.3) is 10.4 Å². The quantitative estimate of drug-likeness (QED) is 0.419. The van der Waals surface area contributed by atoms with Crippen LogP contribution < -0.4 is 4.74 Å². The van der Waals surface area contributed by atoms with Crippen LogP contribution in [0.2, 0.25) is 0 Å². The third-order valence-corrected chi connectivity index (χ3v) is 2.55. The van der Waals surface area contributed by atoms with Crippen LogP contribution in [0.3, 0.4) is 0 Å². The number of nitrogens with zero attached hydrogens (tertiary/aromatic N) is 3. The summed E-state index contributed by atoms with van der Waals surface area (Å²) < 4.78 is 10.4. The summed E-state index contributed by atoms with van der Waals surface area (Å²) in [6, 6.07) is 6.53. The molecule has 0 amide bonds. The van der Waals surface area contributed by atoms with Crippen molar-refractivity contribution < 1.29 is 19.7 Å². The van der Waals surface area contributed by atoms with Crippen molar-refractivity contribution in [3.63, 3.8) is 0 Å². The molecule has 0 aliphatic carbocycles. The van der Waals surface area contributed by atoms with E-state index >= 15 is 0 Å². The largest absolute Gasteiger partial charge is 0.497 e. The number of hydrogen-bond donors (Lipinski definition) is 2. The lowest BCUT2D eigenvalue weighted by Gasteiger charge is -2.16. The first-order chi connectivity index (χ1) is 9.21. The number of aliphatic hydroxyl groups excluding tert-OH is 2. The minimum Gasteiger partial charge on any atom is -0.497 e. The van der Waals surface area contributed by atoms with E-state index in [1.54, 1.807) is 7.11 Å². The first kappa shape index (κ1) is 15.3. The van der Waals surface area contributed by atoms with Gasteiger partial charge in [0.2, 0.25) is 0 Å². The summed E-state index contributed by atoms with van der Waals surface area (Å²) in [5.41, 5.74) is 9.28. The number of benzene rings is 1. The van der Waals surface area contributed by atoms with Crippen LogP contribution >= 0.6 is 0 Å². The van der Waals surface area contributed by atoms with Gasteiger partial charge in [-0.3, -0.25) is 0 Å². The highest BCUT2D eigenvalue weighted by molar-refractivity contribution is 5.26. The lowest BCUT2D eigenvalue weighted by atomic mass is 10.2. The third kappa shape index (κ3) is 5.15. The molecule has 0 fully saturated rings. The molecule has 1 aromatic carbocycles. The second kappa shape index (κ2) is 8.34. The summed E-state index contributed by atoms with van der Waals surface area (Å²) >= 11 is 0. The highest BCUT2D eigenvalue weighted by Gasteiger charge is 2.16. The monoisotopic (exact) mass is 267 g/mol. The molecular formula is C12H17N3O4. The second-order valence-corrected chi connectivity index (χ2v) is 3.89. The van der Waals surface area contributed by atoms with E-state index in [0.29, 0.717) is 6.61 Å². The van der Waals surface area contributed by atoms with Gasteiger partial charge in [0, 0.05) is 4.91 Å². The molecule has 0 unspecified atom stereocenters. The van der Waals surface area contributed by atoms with Gasteiger partial charge < -0.3 is 19.7 Å². The van der Waals surface area contributed by atoms with Crippen molar-refractivity contribution >= 4 is 0 Å². The van der Waals surface area contributed by atoms with Gasteiger partial charge in [-0.1, -0.05) is 17.2 Å². The summed E-state index contributed by atoms with van der Waals surface area (Å²) in [5, 5.41) is 21.6. The zero-order chi connectivity index (χ0) is 14.1. The Labute approximate surface area is 111 Å². The van der Waals surface area contributed by atoms with Gasteiger partial charge in [-0.15, -0.1) is 0 Å². The SMILES string of the molecule is COc1ccc(COC[C@H](N=[N+]=[N-])[C@@H](O)CO)cc1. The van der Waals surface area contributed by atoms with Crippen LogP contribution in [-0.2, 0) is 11.3 Å². The van der Waals surface area contributed by atoms with Gasteiger partial charge >= 0.3 is 0 Å². The Hall–Kier alpha value is -1.79. The Morgan fingerprint density at radius 3 is 2.58 bits per heavy atom. The van der Waals surface area contributed by atoms with Gasteiger partial charge in [0.05, 0.1) is 39.1 Å². The predicted octanol–water partition coefficient (Wildman–Crippen LogP) is 1.24. The van der Waals surface area contributed by atoms with Crippen molar-refractivity contribution in [2.45, 2.75) is 18.8 Å². The maximum atomic E-state index is 9.40. The number of ether oxygens (including phenoxy) is 2. The van der Waals surface area contributed by atoms with Crippen LogP contribution in [0.15, 0.2) is 29.4 Å². The Morgan fingerprint density at radius 1 is 1.37 bits per heavy atom. The Morgan fingerprint density at radius 2 is 2.05 bits per heavy atom. The molecule has 0 spiro atoms. The second-order valence-electron chi connectivity index (χ2n) is 3.89. The van der Waals surface area contributed by atoms with Gasteiger partial charge in [-0.05, 0) is 23.2 Å². The van der Waals surface area contributed by atoms with E-state index in [1.165, 1.54) is 0 Å². The molecule has 7 heteroatoms. The fourth-order valence-corrected chi connectivity index (χ4v) is 1.43. The molecule has 2 atom stereocenters. The topological polar surface area (TPSA) is 108 Å². The molecule has 1 aromatic rings. The first-order valence-corrected chi connectivity index (χ1v) is 5.75. The van der Waals surface area contributed by atoms with Crippen LogP contribution in [-0.4, -0.2) is 42.7 Å². The summed E-state index contributed by atoms with van der Waals surface area (Å²) in [5.74, 6) is 0.756. The fraction of sp³-hybridized carbons (Fsp3) is 0.500. The maximum absolute atomic E-state index is 9.40. The molecule has 0 bridgehead atoms. The zero-order valence-electron chi connectivity index (χ0n) is 10.6.